The molecule has 0 saturated heterocycles. The maximum absolute atomic E-state index is 13.1. The Labute approximate surface area is 172 Å². The van der Waals surface area contributed by atoms with Gasteiger partial charge in [0.2, 0.25) is 5.95 Å². The van der Waals surface area contributed by atoms with E-state index in [0.717, 1.165) is 0 Å². The highest BCUT2D eigenvalue weighted by Gasteiger charge is 2.14. The van der Waals surface area contributed by atoms with Gasteiger partial charge in [-0.3, -0.25) is 19.3 Å². The third-order valence-corrected chi connectivity index (χ3v) is 5.48. The molecule has 3 N–H and O–H groups in total. The van der Waals surface area contributed by atoms with Crippen LogP contribution in [-0.2, 0) is 12.3 Å². The highest BCUT2D eigenvalue weighted by atomic mass is 32.2. The smallest absolute Gasteiger partial charge is 0.274 e. The molecule has 30 heavy (non-hydrogen) atoms. The average molecular weight is 421 g/mol. The van der Waals surface area contributed by atoms with E-state index in [1.165, 1.54) is 22.3 Å². The maximum atomic E-state index is 13.1. The summed E-state index contributed by atoms with van der Waals surface area (Å²) in [5.41, 5.74) is 6.22. The summed E-state index contributed by atoms with van der Waals surface area (Å²) < 4.78 is 8.14. The predicted octanol–water partition coefficient (Wildman–Crippen LogP) is 1.64. The number of nitrogens with zero attached hydrogens (tertiary/aromatic N) is 5. The molecule has 4 heterocycles. The van der Waals surface area contributed by atoms with Gasteiger partial charge in [0.15, 0.2) is 5.16 Å². The van der Waals surface area contributed by atoms with E-state index in [2.05, 4.69) is 20.1 Å². The van der Waals surface area contributed by atoms with Crippen molar-refractivity contribution in [3.05, 3.63) is 80.9 Å². The summed E-state index contributed by atoms with van der Waals surface area (Å²) >= 11 is 1.31. The van der Waals surface area contributed by atoms with Crippen LogP contribution in [0.4, 0.5) is 5.95 Å². The first-order chi connectivity index (χ1) is 14.6. The van der Waals surface area contributed by atoms with Gasteiger partial charge < -0.3 is 10.2 Å². The number of hydrogen-bond acceptors (Lipinski definition) is 8. The van der Waals surface area contributed by atoms with Gasteiger partial charge in [0.25, 0.3) is 16.9 Å². The Balaban J connectivity index is 1.54. The predicted molar refractivity (Wildman–Crippen MR) is 111 cm³/mol. The Morgan fingerprint density at radius 3 is 2.80 bits per heavy atom. The molecular weight excluding hydrogens is 406 g/mol. The molecule has 0 unspecified atom stereocenters. The van der Waals surface area contributed by atoms with Crippen molar-refractivity contribution in [2.24, 2.45) is 0 Å². The van der Waals surface area contributed by atoms with Gasteiger partial charge in [-0.2, -0.15) is 9.50 Å². The van der Waals surface area contributed by atoms with E-state index in [0.29, 0.717) is 33.3 Å². The maximum Gasteiger partial charge on any atom is 0.274 e. The van der Waals surface area contributed by atoms with Crippen LogP contribution in [-0.4, -0.2) is 29.1 Å². The van der Waals surface area contributed by atoms with Crippen molar-refractivity contribution < 1.29 is 4.42 Å². The summed E-state index contributed by atoms with van der Waals surface area (Å²) in [5.74, 6) is 1.25. The molecule has 0 aliphatic carbocycles. The molecule has 5 aromatic rings. The van der Waals surface area contributed by atoms with Gasteiger partial charge in [0.05, 0.1) is 29.4 Å². The van der Waals surface area contributed by atoms with E-state index in [4.69, 9.17) is 10.2 Å². The molecule has 0 radical (unpaired) electrons. The summed E-state index contributed by atoms with van der Waals surface area (Å²) in [6.45, 7) is 0.247. The molecule has 4 aromatic heterocycles. The quantitative estimate of drug-likeness (QED) is 0.323. The van der Waals surface area contributed by atoms with E-state index in [9.17, 15) is 9.59 Å². The molecule has 0 fully saturated rings. The fraction of sp³-hybridized carbons (Fsp3) is 0.105. The van der Waals surface area contributed by atoms with E-state index in [1.807, 2.05) is 6.07 Å². The van der Waals surface area contributed by atoms with Crippen LogP contribution in [0.25, 0.3) is 16.7 Å². The van der Waals surface area contributed by atoms with Crippen molar-refractivity contribution in [2.45, 2.75) is 17.5 Å². The molecule has 0 atom stereocenters. The molecule has 0 aliphatic heterocycles. The average Bonchev–Trinajstić information content (AvgIpc) is 3.38. The number of H-pyrrole nitrogens is 1. The first-order valence-electron chi connectivity index (χ1n) is 8.97. The minimum absolute atomic E-state index is 0.105. The zero-order chi connectivity index (χ0) is 20.7. The van der Waals surface area contributed by atoms with Crippen molar-refractivity contribution in [3.8, 4) is 0 Å². The van der Waals surface area contributed by atoms with E-state index < -0.39 is 0 Å². The van der Waals surface area contributed by atoms with Crippen LogP contribution >= 0.6 is 11.8 Å². The molecule has 10 nitrogen and oxygen atoms in total. The van der Waals surface area contributed by atoms with Gasteiger partial charge in [0.1, 0.15) is 5.76 Å². The van der Waals surface area contributed by atoms with Crippen molar-refractivity contribution in [1.82, 2.24) is 29.1 Å². The van der Waals surface area contributed by atoms with Crippen molar-refractivity contribution >= 4 is 34.4 Å². The highest BCUT2D eigenvalue weighted by molar-refractivity contribution is 7.98. The number of fused-ring (bicyclic) bond motifs is 2. The third-order valence-electron chi connectivity index (χ3n) is 4.47. The molecule has 0 amide bonds. The largest absolute Gasteiger partial charge is 0.467 e. The van der Waals surface area contributed by atoms with Crippen LogP contribution in [0, 0.1) is 0 Å². The van der Waals surface area contributed by atoms with Crippen LogP contribution in [0.3, 0.4) is 0 Å². The Kier molecular flexibility index (Phi) is 4.36. The van der Waals surface area contributed by atoms with Crippen molar-refractivity contribution in [3.63, 3.8) is 0 Å². The second kappa shape index (κ2) is 7.19. The number of anilines is 1. The number of benzene rings is 1. The summed E-state index contributed by atoms with van der Waals surface area (Å²) in [5, 5.41) is 3.65. The second-order valence-corrected chi connectivity index (χ2v) is 7.44. The first kappa shape index (κ1) is 18.2. The number of furan rings is 1. The van der Waals surface area contributed by atoms with Crippen LogP contribution in [0.15, 0.2) is 67.9 Å². The van der Waals surface area contributed by atoms with Crippen LogP contribution < -0.4 is 16.9 Å². The standard InChI is InChI=1S/C19H15N7O3S/c20-17-23-18-21-11(8-15(27)26(18)24-17)10-30-19-22-14-6-2-1-5-13(14)16(28)25(19)9-12-4-3-7-29-12/h1-8H,9-10H2,(H3,20,21,23,24). The minimum Gasteiger partial charge on any atom is -0.467 e. The molecule has 0 bridgehead atoms. The number of aromatic nitrogens is 6. The molecule has 0 aliphatic rings. The zero-order valence-corrected chi connectivity index (χ0v) is 16.3. The third kappa shape index (κ3) is 3.24. The number of thioether (sulfide) groups is 1. The second-order valence-electron chi connectivity index (χ2n) is 6.50. The zero-order valence-electron chi connectivity index (χ0n) is 15.5. The number of nitrogen functional groups attached to an aromatic ring is 1. The van der Waals surface area contributed by atoms with Crippen LogP contribution in [0.2, 0.25) is 0 Å². The fourth-order valence-electron chi connectivity index (χ4n) is 3.11. The SMILES string of the molecule is Nc1nc2nc(CSc3nc4ccccc4c(=O)n3Cc3ccco3)cc(=O)n2[nH]1. The molecule has 150 valence electrons. The molecule has 5 rings (SSSR count). The lowest BCUT2D eigenvalue weighted by atomic mass is 10.2. The molecular formula is C19H15N7O3S. The number of hydrogen-bond donors (Lipinski definition) is 2. The number of para-hydroxylation sites is 1. The Morgan fingerprint density at radius 2 is 1.97 bits per heavy atom. The summed E-state index contributed by atoms with van der Waals surface area (Å²) in [6, 6.07) is 12.1. The molecule has 1 aromatic carbocycles. The van der Waals surface area contributed by atoms with Gasteiger partial charge in [-0.1, -0.05) is 23.9 Å². The van der Waals surface area contributed by atoms with Gasteiger partial charge in [-0.15, -0.1) is 0 Å². The number of nitrogens with two attached hydrogens (primary N) is 1. The summed E-state index contributed by atoms with van der Waals surface area (Å²) in [6.07, 6.45) is 1.56. The minimum atomic E-state index is -0.320. The van der Waals surface area contributed by atoms with Gasteiger partial charge in [-0.05, 0) is 24.3 Å². The summed E-state index contributed by atoms with van der Waals surface area (Å²) in [7, 11) is 0. The highest BCUT2D eigenvalue weighted by Crippen LogP contribution is 2.22. The van der Waals surface area contributed by atoms with E-state index >= 15 is 0 Å². The van der Waals surface area contributed by atoms with Crippen LogP contribution in [0.1, 0.15) is 11.5 Å². The molecule has 11 heteroatoms. The number of nitrogens with one attached hydrogen (secondary N) is 1. The lowest BCUT2D eigenvalue weighted by molar-refractivity contribution is 0.476. The van der Waals surface area contributed by atoms with Gasteiger partial charge in [0, 0.05) is 11.8 Å². The van der Waals surface area contributed by atoms with Crippen molar-refractivity contribution in [1.29, 1.82) is 0 Å². The van der Waals surface area contributed by atoms with E-state index in [1.54, 1.807) is 41.2 Å². The normalized spacial score (nSPS) is 11.5. The lowest BCUT2D eigenvalue weighted by Crippen LogP contribution is -2.24. The molecule has 0 spiro atoms. The van der Waals surface area contributed by atoms with Crippen molar-refractivity contribution in [2.75, 3.05) is 5.73 Å². The first-order valence-corrected chi connectivity index (χ1v) is 9.96. The van der Waals surface area contributed by atoms with E-state index in [-0.39, 0.29) is 29.4 Å². The summed E-state index contributed by atoms with van der Waals surface area (Å²) in [4.78, 5) is 38.3. The van der Waals surface area contributed by atoms with Gasteiger partial charge >= 0.3 is 0 Å². The van der Waals surface area contributed by atoms with Crippen LogP contribution in [0.5, 0.6) is 0 Å². The number of rotatable bonds is 5. The Bertz CT molecular complexity index is 1480. The topological polar surface area (TPSA) is 137 Å². The lowest BCUT2D eigenvalue weighted by Gasteiger charge is -2.12. The van der Waals surface area contributed by atoms with Gasteiger partial charge in [-0.25, -0.2) is 9.97 Å². The Morgan fingerprint density at radius 1 is 1.10 bits per heavy atom. The molecule has 0 saturated carbocycles. The number of aromatic amines is 1. The monoisotopic (exact) mass is 421 g/mol. The Hall–Kier alpha value is -3.86. The fourth-order valence-corrected chi connectivity index (χ4v) is 4.00.